The van der Waals surface area contributed by atoms with Crippen LogP contribution in [0.25, 0.3) is 0 Å². The number of nitrogens with zero attached hydrogens (tertiary/aromatic N) is 1. The van der Waals surface area contributed by atoms with Gasteiger partial charge in [0.25, 0.3) is 0 Å². The number of carbonyl (C=O) groups is 2. The van der Waals surface area contributed by atoms with E-state index in [1.54, 1.807) is 6.07 Å². The van der Waals surface area contributed by atoms with Crippen LogP contribution in [-0.2, 0) is 26.1 Å². The predicted octanol–water partition coefficient (Wildman–Crippen LogP) is 6.28. The van der Waals surface area contributed by atoms with Crippen LogP contribution in [0.3, 0.4) is 0 Å². The van der Waals surface area contributed by atoms with E-state index in [4.69, 9.17) is 25.8 Å². The number of aliphatic hydroxyl groups is 1. The molecule has 1 N–H and O–H groups in total. The van der Waals surface area contributed by atoms with Crippen LogP contribution in [0.5, 0.6) is 5.75 Å². The second-order valence-corrected chi connectivity index (χ2v) is 13.2. The first-order chi connectivity index (χ1) is 20.8. The molecule has 4 aliphatic rings. The van der Waals surface area contributed by atoms with Crippen molar-refractivity contribution in [1.29, 1.82) is 0 Å². The van der Waals surface area contributed by atoms with Crippen LogP contribution in [-0.4, -0.2) is 56.6 Å². The monoisotopic (exact) mass is 607 g/mol. The number of rotatable bonds is 7. The lowest BCUT2D eigenvalue weighted by Gasteiger charge is -2.46. The SMILES string of the molecule is CCOC(=O)[C@H]1CC=C([C@H](O)[C@@H]2CC[C@H]2CN2CC3(CCCc4cc(Cl)ccc43)COc3ccc(C(=O)OC)cc32)CC1. The second-order valence-electron chi connectivity index (χ2n) is 12.7. The van der Waals surface area contributed by atoms with Crippen LogP contribution in [0.1, 0.15) is 73.4 Å². The number of hydrogen-bond acceptors (Lipinski definition) is 7. The smallest absolute Gasteiger partial charge is 0.337 e. The minimum atomic E-state index is -0.516. The van der Waals surface area contributed by atoms with Crippen LogP contribution >= 0.6 is 11.6 Å². The van der Waals surface area contributed by atoms with Gasteiger partial charge in [-0.2, -0.15) is 0 Å². The molecule has 0 radical (unpaired) electrons. The molecule has 0 aromatic heterocycles. The molecule has 43 heavy (non-hydrogen) atoms. The lowest BCUT2D eigenvalue weighted by Crippen LogP contribution is -2.50. The summed E-state index contributed by atoms with van der Waals surface area (Å²) in [6, 6.07) is 11.8. The first kappa shape index (κ1) is 30.0. The van der Waals surface area contributed by atoms with Crippen molar-refractivity contribution in [1.82, 2.24) is 0 Å². The molecule has 8 heteroatoms. The fourth-order valence-electron chi connectivity index (χ4n) is 7.75. The molecule has 3 aliphatic carbocycles. The van der Waals surface area contributed by atoms with Gasteiger partial charge in [-0.25, -0.2) is 4.79 Å². The van der Waals surface area contributed by atoms with Crippen LogP contribution in [0.4, 0.5) is 5.69 Å². The molecular weight excluding hydrogens is 566 g/mol. The van der Waals surface area contributed by atoms with Gasteiger partial charge in [-0.15, -0.1) is 0 Å². The average Bonchev–Trinajstić information content (AvgIpc) is 3.15. The van der Waals surface area contributed by atoms with E-state index in [2.05, 4.69) is 23.1 Å². The van der Waals surface area contributed by atoms with Crippen molar-refractivity contribution in [2.75, 3.05) is 38.3 Å². The summed E-state index contributed by atoms with van der Waals surface area (Å²) in [5, 5.41) is 12.3. The van der Waals surface area contributed by atoms with Gasteiger partial charge >= 0.3 is 11.9 Å². The van der Waals surface area contributed by atoms with Gasteiger partial charge in [0, 0.05) is 23.5 Å². The fraction of sp³-hybridized carbons (Fsp3) is 0.543. The van der Waals surface area contributed by atoms with Crippen LogP contribution in [0.15, 0.2) is 48.0 Å². The quantitative estimate of drug-likeness (QED) is 0.293. The summed E-state index contributed by atoms with van der Waals surface area (Å²) < 4.78 is 16.8. The Balaban J connectivity index is 1.27. The lowest BCUT2D eigenvalue weighted by molar-refractivity contribution is -0.148. The zero-order valence-electron chi connectivity index (χ0n) is 25.1. The number of allylic oxidation sites excluding steroid dienone is 1. The fourth-order valence-corrected chi connectivity index (χ4v) is 7.95. The molecule has 1 heterocycles. The third-order valence-electron chi connectivity index (χ3n) is 10.2. The zero-order chi connectivity index (χ0) is 30.1. The van der Waals surface area contributed by atoms with Gasteiger partial charge in [0.1, 0.15) is 5.75 Å². The number of carbonyl (C=O) groups excluding carboxylic acids is 2. The van der Waals surface area contributed by atoms with Crippen molar-refractivity contribution < 1.29 is 28.9 Å². The van der Waals surface area contributed by atoms with Gasteiger partial charge < -0.3 is 24.2 Å². The summed E-state index contributed by atoms with van der Waals surface area (Å²) in [7, 11) is 1.40. The highest BCUT2D eigenvalue weighted by atomic mass is 35.5. The van der Waals surface area contributed by atoms with E-state index in [9.17, 15) is 14.7 Å². The highest BCUT2D eigenvalue weighted by Gasteiger charge is 2.45. The van der Waals surface area contributed by atoms with Crippen LogP contribution in [0, 0.1) is 17.8 Å². The van der Waals surface area contributed by atoms with Gasteiger partial charge in [0.05, 0.1) is 43.6 Å². The molecule has 1 aliphatic heterocycles. The molecule has 0 saturated heterocycles. The minimum Gasteiger partial charge on any atom is -0.490 e. The van der Waals surface area contributed by atoms with Crippen molar-refractivity contribution >= 4 is 29.2 Å². The summed E-state index contributed by atoms with van der Waals surface area (Å²) in [5.74, 6) is 0.577. The van der Waals surface area contributed by atoms with E-state index < -0.39 is 6.10 Å². The maximum Gasteiger partial charge on any atom is 0.337 e. The predicted molar refractivity (Wildman–Crippen MR) is 166 cm³/mol. The topological polar surface area (TPSA) is 85.3 Å². The Labute approximate surface area is 259 Å². The molecule has 1 saturated carbocycles. The van der Waals surface area contributed by atoms with E-state index in [-0.39, 0.29) is 35.1 Å². The third-order valence-corrected chi connectivity index (χ3v) is 10.5. The normalized spacial score (nSPS) is 27.0. The molecule has 2 aromatic carbocycles. The number of ether oxygens (including phenoxy) is 3. The molecule has 230 valence electrons. The third kappa shape index (κ3) is 5.91. The number of aryl methyl sites for hydroxylation is 1. The molecule has 6 rings (SSSR count). The summed E-state index contributed by atoms with van der Waals surface area (Å²) in [4.78, 5) is 27.1. The van der Waals surface area contributed by atoms with E-state index in [0.717, 1.165) is 80.1 Å². The molecule has 0 bridgehead atoms. The first-order valence-corrected chi connectivity index (χ1v) is 16.1. The van der Waals surface area contributed by atoms with Gasteiger partial charge in [-0.05, 0) is 117 Å². The van der Waals surface area contributed by atoms with Crippen molar-refractivity contribution in [3.05, 3.63) is 69.8 Å². The molecule has 5 atom stereocenters. The van der Waals surface area contributed by atoms with E-state index in [1.807, 2.05) is 25.1 Å². The Morgan fingerprint density at radius 1 is 1.16 bits per heavy atom. The molecular formula is C35H42ClNO6. The molecule has 1 unspecified atom stereocenters. The van der Waals surface area contributed by atoms with Crippen molar-refractivity contribution in [3.8, 4) is 5.75 Å². The first-order valence-electron chi connectivity index (χ1n) is 15.7. The van der Waals surface area contributed by atoms with Gasteiger partial charge in [-0.1, -0.05) is 23.7 Å². The zero-order valence-corrected chi connectivity index (χ0v) is 25.9. The lowest BCUT2D eigenvalue weighted by atomic mass is 9.67. The molecule has 7 nitrogen and oxygen atoms in total. The van der Waals surface area contributed by atoms with E-state index in [0.29, 0.717) is 25.2 Å². The molecule has 1 spiro atoms. The number of benzene rings is 2. The molecule has 2 aromatic rings. The Bertz CT molecular complexity index is 1410. The average molecular weight is 608 g/mol. The number of hydrogen-bond donors (Lipinski definition) is 1. The number of halogens is 1. The van der Waals surface area contributed by atoms with Gasteiger partial charge in [-0.3, -0.25) is 4.79 Å². The Kier molecular flexibility index (Phi) is 8.74. The number of methoxy groups -OCH3 is 1. The largest absolute Gasteiger partial charge is 0.490 e. The van der Waals surface area contributed by atoms with E-state index in [1.165, 1.54) is 18.2 Å². The highest BCUT2D eigenvalue weighted by Crippen LogP contribution is 2.47. The molecule has 1 fully saturated rings. The minimum absolute atomic E-state index is 0.116. The maximum absolute atomic E-state index is 12.5. The highest BCUT2D eigenvalue weighted by molar-refractivity contribution is 6.30. The number of esters is 2. The summed E-state index contributed by atoms with van der Waals surface area (Å²) >= 11 is 6.40. The van der Waals surface area contributed by atoms with E-state index >= 15 is 0 Å². The summed E-state index contributed by atoms with van der Waals surface area (Å²) in [5.41, 5.74) is 4.81. The standard InChI is InChI=1S/C35H42ClNO6/c1-3-42-34(40)23-8-6-22(7-9-23)32(38)28-13-10-26(28)19-37-20-35(16-4-5-24-17-27(36)12-14-29(24)35)21-43-31-15-11-25(18-30(31)37)33(39)41-2/h6,11-12,14-15,17-18,23,26,28,32,38H,3-5,7-10,13,16,19-21H2,1-2H3/t23-,26-,28+,32-,35?/m0/s1. The van der Waals surface area contributed by atoms with Gasteiger partial charge in [0.2, 0.25) is 0 Å². The van der Waals surface area contributed by atoms with Crippen LogP contribution < -0.4 is 9.64 Å². The summed E-state index contributed by atoms with van der Waals surface area (Å²) in [6.07, 6.45) is 8.68. The number of aliphatic hydroxyl groups excluding tert-OH is 1. The van der Waals surface area contributed by atoms with Crippen molar-refractivity contribution in [2.24, 2.45) is 17.8 Å². The van der Waals surface area contributed by atoms with Crippen molar-refractivity contribution in [2.45, 2.75) is 69.8 Å². The van der Waals surface area contributed by atoms with Crippen molar-refractivity contribution in [3.63, 3.8) is 0 Å². The van der Waals surface area contributed by atoms with Gasteiger partial charge in [0.15, 0.2) is 0 Å². The Morgan fingerprint density at radius 2 is 2.02 bits per heavy atom. The second kappa shape index (κ2) is 12.5. The molecule has 0 amide bonds. The number of fused-ring (bicyclic) bond motifs is 3. The Morgan fingerprint density at radius 3 is 2.74 bits per heavy atom. The summed E-state index contributed by atoms with van der Waals surface area (Å²) in [6.45, 7) is 4.28. The Hall–Kier alpha value is -3.03. The maximum atomic E-state index is 12.5. The van der Waals surface area contributed by atoms with Crippen LogP contribution in [0.2, 0.25) is 5.02 Å². The number of anilines is 1.